The average molecular weight is 512 g/mol. The fraction of sp³-hybridized carbons (Fsp3) is 0.0541. The highest BCUT2D eigenvalue weighted by atomic mass is 15.0. The number of rotatable bonds is 4. The van der Waals surface area contributed by atoms with Gasteiger partial charge in [-0.3, -0.25) is 0 Å². The molecule has 3 nitrogen and oxygen atoms in total. The summed E-state index contributed by atoms with van der Waals surface area (Å²) in [5, 5.41) is 0. The topological polar surface area (TPSA) is 38.7 Å². The van der Waals surface area contributed by atoms with Gasteiger partial charge in [0.15, 0.2) is 17.5 Å². The Morgan fingerprint density at radius 2 is 1.00 bits per heavy atom. The Kier molecular flexibility index (Phi) is 5.27. The molecule has 4 aliphatic carbocycles. The third kappa shape index (κ3) is 3.78. The molecule has 1 heterocycles. The van der Waals surface area contributed by atoms with Gasteiger partial charge in [-0.2, -0.15) is 0 Å². The van der Waals surface area contributed by atoms with E-state index >= 15 is 0 Å². The molecule has 0 fully saturated rings. The fourth-order valence-corrected chi connectivity index (χ4v) is 6.25. The summed E-state index contributed by atoms with van der Waals surface area (Å²) in [6, 6.07) is 28.9. The van der Waals surface area contributed by atoms with Crippen LogP contribution in [0.4, 0.5) is 0 Å². The number of hydrogen-bond acceptors (Lipinski definition) is 3. The van der Waals surface area contributed by atoms with E-state index in [-0.39, 0.29) is 0 Å². The highest BCUT2D eigenvalue weighted by molar-refractivity contribution is 5.88. The predicted octanol–water partition coefficient (Wildman–Crippen LogP) is 8.36. The van der Waals surface area contributed by atoms with E-state index in [4.69, 9.17) is 15.0 Å². The second-order valence-corrected chi connectivity index (χ2v) is 10.5. The zero-order chi connectivity index (χ0) is 26.5. The Bertz CT molecular complexity index is 1820. The molecule has 8 rings (SSSR count). The molecule has 0 radical (unpaired) electrons. The molecule has 3 heteroatoms. The van der Waals surface area contributed by atoms with Gasteiger partial charge in [-0.15, -0.1) is 0 Å². The SMILES string of the molecule is C1=CC2=CC=C3C=CC=C4C(c5cccc(-c6nc(-c7ccccc7)nc(-c7ccccc7)n6)c5)=CC(=C1)C2C34. The zero-order valence-electron chi connectivity index (χ0n) is 21.8. The van der Waals surface area contributed by atoms with Crippen molar-refractivity contribution in [2.24, 2.45) is 11.8 Å². The Hall–Kier alpha value is -5.15. The molecule has 2 atom stereocenters. The molecule has 40 heavy (non-hydrogen) atoms. The molecule has 0 N–H and O–H groups in total. The quantitative estimate of drug-likeness (QED) is 0.276. The van der Waals surface area contributed by atoms with E-state index in [1.807, 2.05) is 60.7 Å². The van der Waals surface area contributed by atoms with E-state index in [2.05, 4.69) is 78.9 Å². The lowest BCUT2D eigenvalue weighted by Gasteiger charge is -2.41. The summed E-state index contributed by atoms with van der Waals surface area (Å²) in [6.45, 7) is 0. The van der Waals surface area contributed by atoms with Crippen LogP contribution in [0.5, 0.6) is 0 Å². The van der Waals surface area contributed by atoms with Gasteiger partial charge < -0.3 is 0 Å². The monoisotopic (exact) mass is 511 g/mol. The first-order valence-electron chi connectivity index (χ1n) is 13.7. The predicted molar refractivity (Wildman–Crippen MR) is 162 cm³/mol. The molecular weight excluding hydrogens is 486 g/mol. The number of nitrogens with zero attached hydrogens (tertiary/aromatic N) is 3. The van der Waals surface area contributed by atoms with Crippen molar-refractivity contribution in [2.75, 3.05) is 0 Å². The second kappa shape index (κ2) is 9.25. The highest BCUT2D eigenvalue weighted by Crippen LogP contribution is 2.52. The minimum absolute atomic E-state index is 0.344. The van der Waals surface area contributed by atoms with Crippen molar-refractivity contribution in [1.29, 1.82) is 0 Å². The molecule has 2 unspecified atom stereocenters. The van der Waals surface area contributed by atoms with Gasteiger partial charge in [-0.1, -0.05) is 134 Å². The van der Waals surface area contributed by atoms with Gasteiger partial charge in [0.05, 0.1) is 0 Å². The van der Waals surface area contributed by atoms with Crippen LogP contribution >= 0.6 is 0 Å². The fourth-order valence-electron chi connectivity index (χ4n) is 6.25. The van der Waals surface area contributed by atoms with Crippen molar-refractivity contribution in [3.63, 3.8) is 0 Å². The second-order valence-electron chi connectivity index (χ2n) is 10.5. The van der Waals surface area contributed by atoms with E-state index in [0.717, 1.165) is 16.7 Å². The van der Waals surface area contributed by atoms with Crippen LogP contribution in [0.3, 0.4) is 0 Å². The Balaban J connectivity index is 1.27. The van der Waals surface area contributed by atoms with Gasteiger partial charge >= 0.3 is 0 Å². The van der Waals surface area contributed by atoms with Crippen LogP contribution in [0.2, 0.25) is 0 Å². The van der Waals surface area contributed by atoms with Crippen molar-refractivity contribution < 1.29 is 0 Å². The number of aromatic nitrogens is 3. The first kappa shape index (κ1) is 22.8. The minimum Gasteiger partial charge on any atom is -0.208 e. The molecule has 0 aliphatic heterocycles. The van der Waals surface area contributed by atoms with Crippen LogP contribution < -0.4 is 0 Å². The van der Waals surface area contributed by atoms with Gasteiger partial charge in [0.1, 0.15) is 0 Å². The highest BCUT2D eigenvalue weighted by Gasteiger charge is 2.39. The molecule has 3 aromatic carbocycles. The minimum atomic E-state index is 0.344. The number of hydrogen-bond donors (Lipinski definition) is 0. The first-order valence-corrected chi connectivity index (χ1v) is 13.7. The molecule has 188 valence electrons. The molecule has 0 amide bonds. The van der Waals surface area contributed by atoms with Crippen molar-refractivity contribution >= 4 is 5.57 Å². The maximum absolute atomic E-state index is 4.96. The third-order valence-corrected chi connectivity index (χ3v) is 8.11. The van der Waals surface area contributed by atoms with Gasteiger partial charge in [0.25, 0.3) is 0 Å². The standard InChI is InChI=1S/C37H25N3/c1-3-10-26(11-4-1)35-38-36(27-12-5-2-6-13-27)40-37(39-35)30-18-8-16-28(22-30)32-23-29-17-7-14-24-20-21-25-15-9-19-31(32)34(25)33(24)29/h1-23,33-34H. The smallest absolute Gasteiger partial charge is 0.164 e. The molecular formula is C37H25N3. The van der Waals surface area contributed by atoms with Crippen molar-refractivity contribution in [2.45, 2.75) is 0 Å². The largest absolute Gasteiger partial charge is 0.208 e. The summed E-state index contributed by atoms with van der Waals surface area (Å²) in [5.74, 6) is 2.75. The van der Waals surface area contributed by atoms with E-state index in [0.29, 0.717) is 29.3 Å². The summed E-state index contributed by atoms with van der Waals surface area (Å²) in [6.07, 6.45) is 20.4. The molecule has 0 saturated carbocycles. The lowest BCUT2D eigenvalue weighted by molar-refractivity contribution is 0.568. The average Bonchev–Trinajstić information content (AvgIpc) is 3.04. The Morgan fingerprint density at radius 1 is 0.450 bits per heavy atom. The van der Waals surface area contributed by atoms with E-state index in [1.54, 1.807) is 0 Å². The van der Waals surface area contributed by atoms with Gasteiger partial charge in [0, 0.05) is 28.5 Å². The van der Waals surface area contributed by atoms with E-state index in [1.165, 1.54) is 33.4 Å². The lowest BCUT2D eigenvalue weighted by atomic mass is 9.62. The zero-order valence-corrected chi connectivity index (χ0v) is 21.8. The molecule has 4 aromatic rings. The molecule has 0 bridgehead atoms. The van der Waals surface area contributed by atoms with Crippen LogP contribution in [0, 0.1) is 11.8 Å². The summed E-state index contributed by atoms with van der Waals surface area (Å²) in [7, 11) is 0. The van der Waals surface area contributed by atoms with Crippen LogP contribution in [0.15, 0.2) is 162 Å². The number of allylic oxidation sites excluding steroid dienone is 14. The summed E-state index contributed by atoms with van der Waals surface area (Å²) < 4.78 is 0. The van der Waals surface area contributed by atoms with Gasteiger partial charge in [0.2, 0.25) is 0 Å². The van der Waals surface area contributed by atoms with Crippen LogP contribution in [-0.2, 0) is 0 Å². The van der Waals surface area contributed by atoms with Crippen LogP contribution in [-0.4, -0.2) is 15.0 Å². The molecule has 4 aliphatic rings. The van der Waals surface area contributed by atoms with E-state index in [9.17, 15) is 0 Å². The Morgan fingerprint density at radius 3 is 1.68 bits per heavy atom. The van der Waals surface area contributed by atoms with E-state index < -0.39 is 0 Å². The van der Waals surface area contributed by atoms with Gasteiger partial charge in [-0.05, 0) is 39.5 Å². The van der Waals surface area contributed by atoms with Gasteiger partial charge in [-0.25, -0.2) is 15.0 Å². The summed E-state index contributed by atoms with van der Waals surface area (Å²) >= 11 is 0. The summed E-state index contributed by atoms with van der Waals surface area (Å²) in [4.78, 5) is 14.8. The first-order chi connectivity index (χ1) is 19.8. The normalized spacial score (nSPS) is 20.1. The molecule has 0 spiro atoms. The van der Waals surface area contributed by atoms with Crippen LogP contribution in [0.25, 0.3) is 39.7 Å². The third-order valence-electron chi connectivity index (χ3n) is 8.11. The summed E-state index contributed by atoms with van der Waals surface area (Å²) in [5.41, 5.74) is 10.9. The van der Waals surface area contributed by atoms with Crippen molar-refractivity contribution in [1.82, 2.24) is 15.0 Å². The maximum atomic E-state index is 4.96. The maximum Gasteiger partial charge on any atom is 0.164 e. The molecule has 1 aromatic heterocycles. The van der Waals surface area contributed by atoms with Crippen molar-refractivity contribution in [3.8, 4) is 34.2 Å². The van der Waals surface area contributed by atoms with Crippen LogP contribution in [0.1, 0.15) is 5.56 Å². The van der Waals surface area contributed by atoms with Crippen molar-refractivity contribution in [3.05, 3.63) is 167 Å². The molecule has 0 saturated heterocycles. The Labute approximate surface area is 233 Å². The number of benzene rings is 3. The lowest BCUT2D eigenvalue weighted by Crippen LogP contribution is -2.29.